The van der Waals surface area contributed by atoms with Crippen LogP contribution in [0.1, 0.15) is 35.7 Å². The molecule has 2 aromatic carbocycles. The van der Waals surface area contributed by atoms with Crippen LogP contribution in [0.3, 0.4) is 0 Å². The van der Waals surface area contributed by atoms with Crippen molar-refractivity contribution in [3.63, 3.8) is 0 Å². The summed E-state index contributed by atoms with van der Waals surface area (Å²) < 4.78 is 5.87. The molecule has 1 heterocycles. The van der Waals surface area contributed by atoms with Gasteiger partial charge < -0.3 is 14.6 Å². The zero-order chi connectivity index (χ0) is 21.3. The Labute approximate surface area is 182 Å². The van der Waals surface area contributed by atoms with E-state index in [4.69, 9.17) is 4.42 Å². The molecule has 0 radical (unpaired) electrons. The van der Waals surface area contributed by atoms with E-state index in [1.165, 1.54) is 4.90 Å². The number of aromatic nitrogens is 1. The molecule has 0 atom stereocenters. The maximum atomic E-state index is 12.4. The lowest BCUT2D eigenvalue weighted by atomic mass is 10.1. The largest absolute Gasteiger partial charge is 0.441 e. The first-order valence-electron chi connectivity index (χ1n) is 10.4. The van der Waals surface area contributed by atoms with Gasteiger partial charge in [-0.15, -0.1) is 11.8 Å². The van der Waals surface area contributed by atoms with Crippen LogP contribution in [0.2, 0.25) is 0 Å². The van der Waals surface area contributed by atoms with Crippen molar-refractivity contribution in [2.24, 2.45) is 0 Å². The van der Waals surface area contributed by atoms with Gasteiger partial charge in [0.1, 0.15) is 5.76 Å². The van der Waals surface area contributed by atoms with E-state index in [-0.39, 0.29) is 5.91 Å². The van der Waals surface area contributed by atoms with Gasteiger partial charge in [0.05, 0.1) is 5.69 Å². The Bertz CT molecular complexity index is 935. The fourth-order valence-electron chi connectivity index (χ4n) is 3.09. The SMILES string of the molecule is CCN(CC)CCNC(=O)c1ccc(-c2nc(CSc3ccccc3)c(C)o2)cc1. The Morgan fingerprint density at radius 1 is 1.07 bits per heavy atom. The third kappa shape index (κ3) is 5.97. The normalized spacial score (nSPS) is 11.1. The summed E-state index contributed by atoms with van der Waals surface area (Å²) >= 11 is 1.74. The minimum Gasteiger partial charge on any atom is -0.441 e. The summed E-state index contributed by atoms with van der Waals surface area (Å²) in [4.78, 5) is 20.5. The molecule has 0 aliphatic rings. The maximum Gasteiger partial charge on any atom is 0.251 e. The number of hydrogen-bond acceptors (Lipinski definition) is 5. The number of hydrogen-bond donors (Lipinski definition) is 1. The maximum absolute atomic E-state index is 12.4. The molecule has 0 unspecified atom stereocenters. The second kappa shape index (κ2) is 11.0. The zero-order valence-electron chi connectivity index (χ0n) is 17.9. The molecule has 1 aromatic heterocycles. The molecular weight excluding hydrogens is 394 g/mol. The van der Waals surface area contributed by atoms with Crippen LogP contribution in [0.15, 0.2) is 63.9 Å². The van der Waals surface area contributed by atoms with Crippen molar-refractivity contribution in [1.29, 1.82) is 0 Å². The second-order valence-electron chi connectivity index (χ2n) is 6.98. The van der Waals surface area contributed by atoms with Gasteiger partial charge >= 0.3 is 0 Å². The van der Waals surface area contributed by atoms with Gasteiger partial charge in [-0.3, -0.25) is 4.79 Å². The molecule has 0 bridgehead atoms. The summed E-state index contributed by atoms with van der Waals surface area (Å²) in [5.74, 6) is 2.11. The van der Waals surface area contributed by atoms with Crippen LogP contribution in [0, 0.1) is 6.92 Å². The fourth-order valence-corrected chi connectivity index (χ4v) is 4.01. The number of nitrogens with one attached hydrogen (secondary N) is 1. The van der Waals surface area contributed by atoms with Gasteiger partial charge in [0.15, 0.2) is 0 Å². The van der Waals surface area contributed by atoms with E-state index >= 15 is 0 Å². The number of aryl methyl sites for hydroxylation is 1. The second-order valence-corrected chi connectivity index (χ2v) is 8.03. The molecule has 0 fully saturated rings. The van der Waals surface area contributed by atoms with Crippen molar-refractivity contribution in [3.8, 4) is 11.5 Å². The van der Waals surface area contributed by atoms with E-state index in [2.05, 4.69) is 41.2 Å². The first kappa shape index (κ1) is 22.1. The standard InChI is InChI=1S/C24H29N3O2S/c1-4-27(5-2)16-15-25-23(28)19-11-13-20(14-12-19)24-26-22(18(3)29-24)17-30-21-9-7-6-8-10-21/h6-14H,4-5,15-17H2,1-3H3,(H,25,28). The zero-order valence-corrected chi connectivity index (χ0v) is 18.7. The molecule has 5 nitrogen and oxygen atoms in total. The van der Waals surface area contributed by atoms with Crippen LogP contribution in [-0.2, 0) is 5.75 Å². The van der Waals surface area contributed by atoms with Crippen LogP contribution in [0.5, 0.6) is 0 Å². The van der Waals surface area contributed by atoms with Crippen molar-refractivity contribution in [3.05, 3.63) is 71.6 Å². The number of thioether (sulfide) groups is 1. The number of benzene rings is 2. The van der Waals surface area contributed by atoms with Crippen molar-refractivity contribution >= 4 is 17.7 Å². The van der Waals surface area contributed by atoms with Gasteiger partial charge in [-0.2, -0.15) is 0 Å². The summed E-state index contributed by atoms with van der Waals surface area (Å²) in [5.41, 5.74) is 2.45. The van der Waals surface area contributed by atoms with E-state index in [1.54, 1.807) is 11.8 Å². The molecule has 0 saturated carbocycles. The molecule has 6 heteroatoms. The highest BCUT2D eigenvalue weighted by Crippen LogP contribution is 2.27. The van der Waals surface area contributed by atoms with Crippen LogP contribution < -0.4 is 5.32 Å². The van der Waals surface area contributed by atoms with Gasteiger partial charge in [0.25, 0.3) is 5.91 Å². The minimum absolute atomic E-state index is 0.0581. The van der Waals surface area contributed by atoms with Crippen LogP contribution in [0.25, 0.3) is 11.5 Å². The summed E-state index contributed by atoms with van der Waals surface area (Å²) in [5, 5.41) is 2.98. The predicted octanol–water partition coefficient (Wildman–Crippen LogP) is 5.01. The molecule has 1 N–H and O–H groups in total. The number of rotatable bonds is 10. The molecule has 158 valence electrons. The highest BCUT2D eigenvalue weighted by atomic mass is 32.2. The smallest absolute Gasteiger partial charge is 0.251 e. The first-order chi connectivity index (χ1) is 14.6. The molecule has 0 saturated heterocycles. The Kier molecular flexibility index (Phi) is 8.11. The molecule has 0 spiro atoms. The molecular formula is C24H29N3O2S. The number of carbonyl (C=O) groups is 1. The molecule has 1 amide bonds. The molecule has 3 aromatic rings. The third-order valence-electron chi connectivity index (χ3n) is 5.01. The number of likely N-dealkylation sites (N-methyl/N-ethyl adjacent to an activating group) is 1. The van der Waals surface area contributed by atoms with Gasteiger partial charge in [-0.25, -0.2) is 4.98 Å². The van der Waals surface area contributed by atoms with Crippen LogP contribution in [0.4, 0.5) is 0 Å². The first-order valence-corrected chi connectivity index (χ1v) is 11.3. The molecule has 0 aliphatic carbocycles. The third-order valence-corrected chi connectivity index (χ3v) is 6.04. The molecule has 0 aliphatic heterocycles. The monoisotopic (exact) mass is 423 g/mol. The average Bonchev–Trinajstić information content (AvgIpc) is 3.16. The van der Waals surface area contributed by atoms with Crippen molar-refractivity contribution < 1.29 is 9.21 Å². The quantitative estimate of drug-likeness (QED) is 0.464. The number of carbonyl (C=O) groups excluding carboxylic acids is 1. The molecule has 3 rings (SSSR count). The van der Waals surface area contributed by atoms with E-state index in [0.29, 0.717) is 18.0 Å². The van der Waals surface area contributed by atoms with E-state index in [0.717, 1.165) is 42.4 Å². The van der Waals surface area contributed by atoms with Crippen molar-refractivity contribution in [2.75, 3.05) is 26.2 Å². The number of nitrogens with zero attached hydrogens (tertiary/aromatic N) is 2. The minimum atomic E-state index is -0.0581. The summed E-state index contributed by atoms with van der Waals surface area (Å²) in [6.45, 7) is 9.67. The number of oxazole rings is 1. The van der Waals surface area contributed by atoms with Gasteiger partial charge in [-0.1, -0.05) is 32.0 Å². The van der Waals surface area contributed by atoms with Crippen molar-refractivity contribution in [1.82, 2.24) is 15.2 Å². The Morgan fingerprint density at radius 2 is 1.77 bits per heavy atom. The molecule has 30 heavy (non-hydrogen) atoms. The lowest BCUT2D eigenvalue weighted by Crippen LogP contribution is -2.34. The van der Waals surface area contributed by atoms with Gasteiger partial charge in [0, 0.05) is 34.9 Å². The number of amides is 1. The summed E-state index contributed by atoms with van der Waals surface area (Å²) in [6, 6.07) is 17.7. The van der Waals surface area contributed by atoms with Crippen LogP contribution >= 0.6 is 11.8 Å². The van der Waals surface area contributed by atoms with E-state index in [1.807, 2.05) is 49.4 Å². The fraction of sp³-hybridized carbons (Fsp3) is 0.333. The Hall–Kier alpha value is -2.57. The predicted molar refractivity (Wildman–Crippen MR) is 123 cm³/mol. The lowest BCUT2D eigenvalue weighted by molar-refractivity contribution is 0.0949. The highest BCUT2D eigenvalue weighted by Gasteiger charge is 2.13. The van der Waals surface area contributed by atoms with Gasteiger partial charge in [-0.05, 0) is 56.4 Å². The Morgan fingerprint density at radius 3 is 2.43 bits per heavy atom. The topological polar surface area (TPSA) is 58.4 Å². The highest BCUT2D eigenvalue weighted by molar-refractivity contribution is 7.98. The van der Waals surface area contributed by atoms with E-state index in [9.17, 15) is 4.79 Å². The van der Waals surface area contributed by atoms with Gasteiger partial charge in [0.2, 0.25) is 5.89 Å². The lowest BCUT2D eigenvalue weighted by Gasteiger charge is -2.17. The Balaban J connectivity index is 1.58. The van der Waals surface area contributed by atoms with E-state index < -0.39 is 0 Å². The van der Waals surface area contributed by atoms with Crippen molar-refractivity contribution in [2.45, 2.75) is 31.4 Å². The summed E-state index contributed by atoms with van der Waals surface area (Å²) in [6.07, 6.45) is 0. The van der Waals surface area contributed by atoms with Crippen LogP contribution in [-0.4, -0.2) is 42.0 Å². The summed E-state index contributed by atoms with van der Waals surface area (Å²) in [7, 11) is 0. The average molecular weight is 424 g/mol.